The van der Waals surface area contributed by atoms with Crippen molar-refractivity contribution in [1.29, 1.82) is 0 Å². The Morgan fingerprint density at radius 2 is 1.79 bits per heavy atom. The molecule has 1 heterocycles. The van der Waals surface area contributed by atoms with Crippen molar-refractivity contribution in [3.05, 3.63) is 29.8 Å². The van der Waals surface area contributed by atoms with Gasteiger partial charge in [-0.25, -0.2) is 0 Å². The highest BCUT2D eigenvalue weighted by atomic mass is 127. The van der Waals surface area contributed by atoms with Gasteiger partial charge in [-0.05, 0) is 43.4 Å². The highest BCUT2D eigenvalue weighted by Gasteiger charge is 2.34. The molecule has 6 nitrogen and oxygen atoms in total. The summed E-state index contributed by atoms with van der Waals surface area (Å²) in [6.45, 7) is 7.08. The molecule has 1 aliphatic rings. The molecule has 0 radical (unpaired) electrons. The number of hydrogen-bond acceptors (Lipinski definition) is 4. The average Bonchev–Trinajstić information content (AvgIpc) is 2.76. The van der Waals surface area contributed by atoms with E-state index in [0.29, 0.717) is 0 Å². The van der Waals surface area contributed by atoms with Gasteiger partial charge in [0.2, 0.25) is 0 Å². The lowest BCUT2D eigenvalue weighted by Crippen LogP contribution is -2.48. The quantitative estimate of drug-likeness (QED) is 0.202. The normalized spacial score (nSPS) is 16.0. The molecule has 1 aliphatic heterocycles. The van der Waals surface area contributed by atoms with E-state index in [1.165, 1.54) is 12.0 Å². The van der Waals surface area contributed by atoms with Gasteiger partial charge in [0.1, 0.15) is 5.75 Å². The van der Waals surface area contributed by atoms with Crippen LogP contribution in [0.15, 0.2) is 29.3 Å². The Morgan fingerprint density at radius 1 is 1.10 bits per heavy atom. The molecule has 2 N–H and O–H groups in total. The fourth-order valence-electron chi connectivity index (χ4n) is 3.48. The zero-order chi connectivity index (χ0) is 20.1. The van der Waals surface area contributed by atoms with Crippen LogP contribution in [0.25, 0.3) is 0 Å². The summed E-state index contributed by atoms with van der Waals surface area (Å²) in [4.78, 5) is 4.37. The molecule has 0 saturated carbocycles. The van der Waals surface area contributed by atoms with Gasteiger partial charge in [0.05, 0.1) is 7.11 Å². The summed E-state index contributed by atoms with van der Waals surface area (Å²) in [7, 11) is 3.52. The third-order valence-electron chi connectivity index (χ3n) is 5.37. The first-order valence-electron chi connectivity index (χ1n) is 10.5. The van der Waals surface area contributed by atoms with Crippen LogP contribution in [0.5, 0.6) is 5.75 Å². The highest BCUT2D eigenvalue weighted by Crippen LogP contribution is 2.35. The summed E-state index contributed by atoms with van der Waals surface area (Å²) in [6, 6.07) is 8.43. The van der Waals surface area contributed by atoms with Gasteiger partial charge in [-0.1, -0.05) is 25.5 Å². The van der Waals surface area contributed by atoms with E-state index in [0.717, 1.165) is 76.9 Å². The van der Waals surface area contributed by atoms with Crippen LogP contribution in [0, 0.1) is 0 Å². The predicted molar refractivity (Wildman–Crippen MR) is 130 cm³/mol. The number of aliphatic imine (C=N–C) groups is 1. The van der Waals surface area contributed by atoms with Gasteiger partial charge in [-0.2, -0.15) is 0 Å². The van der Waals surface area contributed by atoms with Crippen molar-refractivity contribution >= 4 is 29.9 Å². The second-order valence-electron chi connectivity index (χ2n) is 7.29. The molecule has 29 heavy (non-hydrogen) atoms. The predicted octanol–water partition coefficient (Wildman–Crippen LogP) is 3.73. The van der Waals surface area contributed by atoms with Crippen LogP contribution < -0.4 is 15.4 Å². The molecule has 2 rings (SSSR count). The van der Waals surface area contributed by atoms with Gasteiger partial charge in [0.15, 0.2) is 5.96 Å². The molecule has 0 spiro atoms. The van der Waals surface area contributed by atoms with Crippen LogP contribution >= 0.6 is 24.0 Å². The van der Waals surface area contributed by atoms with Crippen LogP contribution in [0.3, 0.4) is 0 Å². The van der Waals surface area contributed by atoms with E-state index >= 15 is 0 Å². The zero-order valence-corrected chi connectivity index (χ0v) is 20.5. The highest BCUT2D eigenvalue weighted by molar-refractivity contribution is 14.0. The minimum Gasteiger partial charge on any atom is -0.497 e. The molecular formula is C22H38IN3O3. The van der Waals surface area contributed by atoms with E-state index in [-0.39, 0.29) is 29.4 Å². The van der Waals surface area contributed by atoms with Crippen LogP contribution in [0.2, 0.25) is 0 Å². The lowest BCUT2D eigenvalue weighted by molar-refractivity contribution is 0.0513. The van der Waals surface area contributed by atoms with Gasteiger partial charge < -0.3 is 24.8 Å². The van der Waals surface area contributed by atoms with Crippen molar-refractivity contribution in [2.24, 2.45) is 4.99 Å². The van der Waals surface area contributed by atoms with Gasteiger partial charge >= 0.3 is 0 Å². The third-order valence-corrected chi connectivity index (χ3v) is 5.37. The molecule has 0 amide bonds. The smallest absolute Gasteiger partial charge is 0.191 e. The maximum absolute atomic E-state index is 5.63. The number of hydrogen-bond donors (Lipinski definition) is 2. The molecule has 1 saturated heterocycles. The first-order valence-corrected chi connectivity index (χ1v) is 10.5. The van der Waals surface area contributed by atoms with Gasteiger partial charge in [0.25, 0.3) is 0 Å². The topological polar surface area (TPSA) is 64.1 Å². The van der Waals surface area contributed by atoms with E-state index in [9.17, 15) is 0 Å². The SMILES string of the molecule is CCCCOCCCNC(=NC)NCC1(c2ccc(OC)cc2)CCOCC1.I. The number of nitrogens with zero attached hydrogens (tertiary/aromatic N) is 1. The van der Waals surface area contributed by atoms with Gasteiger partial charge in [-0.3, -0.25) is 4.99 Å². The number of ether oxygens (including phenoxy) is 3. The van der Waals surface area contributed by atoms with Gasteiger partial charge in [-0.15, -0.1) is 24.0 Å². The number of benzene rings is 1. The van der Waals surface area contributed by atoms with Crippen LogP contribution in [0.4, 0.5) is 0 Å². The van der Waals surface area contributed by atoms with Crippen molar-refractivity contribution in [2.75, 3.05) is 53.7 Å². The number of guanidine groups is 1. The molecule has 0 aliphatic carbocycles. The Bertz CT molecular complexity index is 575. The summed E-state index contributed by atoms with van der Waals surface area (Å²) in [5, 5.41) is 6.92. The number of methoxy groups -OCH3 is 1. The average molecular weight is 519 g/mol. The molecule has 1 fully saturated rings. The van der Waals surface area contributed by atoms with Crippen molar-refractivity contribution in [1.82, 2.24) is 10.6 Å². The number of unbranched alkanes of at least 4 members (excludes halogenated alkanes) is 1. The summed E-state index contributed by atoms with van der Waals surface area (Å²) < 4.78 is 16.6. The summed E-state index contributed by atoms with van der Waals surface area (Å²) in [6.07, 6.45) is 5.27. The third kappa shape index (κ3) is 8.68. The molecule has 0 atom stereocenters. The molecule has 7 heteroatoms. The van der Waals surface area contributed by atoms with E-state index in [1.807, 2.05) is 19.2 Å². The minimum atomic E-state index is 0. The fraction of sp³-hybridized carbons (Fsp3) is 0.682. The Kier molecular flexibility index (Phi) is 13.3. The largest absolute Gasteiger partial charge is 0.497 e. The molecule has 0 bridgehead atoms. The lowest BCUT2D eigenvalue weighted by atomic mass is 9.74. The van der Waals surface area contributed by atoms with Crippen LogP contribution in [-0.4, -0.2) is 59.6 Å². The molecule has 166 valence electrons. The van der Waals surface area contributed by atoms with Crippen molar-refractivity contribution in [3.8, 4) is 5.75 Å². The lowest BCUT2D eigenvalue weighted by Gasteiger charge is -2.38. The first-order chi connectivity index (χ1) is 13.7. The van der Waals surface area contributed by atoms with E-state index in [4.69, 9.17) is 14.2 Å². The second kappa shape index (κ2) is 14.8. The maximum Gasteiger partial charge on any atom is 0.191 e. The van der Waals surface area contributed by atoms with E-state index in [2.05, 4.69) is 34.7 Å². The van der Waals surface area contributed by atoms with E-state index in [1.54, 1.807) is 7.11 Å². The summed E-state index contributed by atoms with van der Waals surface area (Å²) in [5.74, 6) is 1.73. The zero-order valence-electron chi connectivity index (χ0n) is 18.2. The van der Waals surface area contributed by atoms with Gasteiger partial charge in [0, 0.05) is 52.0 Å². The monoisotopic (exact) mass is 519 g/mol. The molecular weight excluding hydrogens is 481 g/mol. The minimum absolute atomic E-state index is 0. The van der Waals surface area contributed by atoms with Crippen LogP contribution in [-0.2, 0) is 14.9 Å². The maximum atomic E-state index is 5.63. The molecule has 1 aromatic rings. The molecule has 0 unspecified atom stereocenters. The summed E-state index contributed by atoms with van der Waals surface area (Å²) in [5.41, 5.74) is 1.37. The van der Waals surface area contributed by atoms with Crippen molar-refractivity contribution < 1.29 is 14.2 Å². The Labute approximate surface area is 193 Å². The molecule has 0 aromatic heterocycles. The first kappa shape index (κ1) is 26.0. The van der Waals surface area contributed by atoms with Crippen LogP contribution in [0.1, 0.15) is 44.6 Å². The Balaban J connectivity index is 0.00000420. The standard InChI is InChI=1S/C22H37N3O3.HI/c1-4-5-14-27-15-6-13-24-21(23-2)25-18-22(11-16-28-17-12-22)19-7-9-20(26-3)10-8-19;/h7-10H,4-6,11-18H2,1-3H3,(H2,23,24,25);1H. The van der Waals surface area contributed by atoms with Crippen molar-refractivity contribution in [3.63, 3.8) is 0 Å². The Morgan fingerprint density at radius 3 is 2.41 bits per heavy atom. The number of rotatable bonds is 11. The van der Waals surface area contributed by atoms with E-state index < -0.39 is 0 Å². The second-order valence-corrected chi connectivity index (χ2v) is 7.29. The van der Waals surface area contributed by atoms with Crippen molar-refractivity contribution in [2.45, 2.75) is 44.4 Å². The number of nitrogens with one attached hydrogen (secondary N) is 2. The fourth-order valence-corrected chi connectivity index (χ4v) is 3.48. The Hall–Kier alpha value is -1.06. The number of halogens is 1. The summed E-state index contributed by atoms with van der Waals surface area (Å²) >= 11 is 0. The molecule has 1 aromatic carbocycles.